The molecule has 0 aromatic heterocycles. The third-order valence-electron chi connectivity index (χ3n) is 2.26. The number of thiocarbonyl (C=S) groups is 1. The van der Waals surface area contributed by atoms with Gasteiger partial charge in [0.25, 0.3) is 5.91 Å². The molecular weight excluding hydrogens is 281 g/mol. The third kappa shape index (κ3) is 3.82. The van der Waals surface area contributed by atoms with Crippen LogP contribution >= 0.6 is 12.2 Å². The molecule has 0 atom stereocenters. The van der Waals surface area contributed by atoms with E-state index in [1.807, 2.05) is 0 Å². The molecule has 0 aliphatic heterocycles. The van der Waals surface area contributed by atoms with Gasteiger partial charge in [-0.15, -0.1) is 0 Å². The monoisotopic (exact) mass is 292 g/mol. The van der Waals surface area contributed by atoms with E-state index >= 15 is 0 Å². The Bertz CT molecular complexity index is 523. The predicted octanol–water partition coefficient (Wildman–Crippen LogP) is 1.61. The number of hydrogen-bond donors (Lipinski definition) is 3. The second kappa shape index (κ2) is 6.37. The molecule has 1 amide bonds. The van der Waals surface area contributed by atoms with Crippen molar-refractivity contribution in [3.63, 3.8) is 0 Å². The highest BCUT2D eigenvalue weighted by molar-refractivity contribution is 7.80. The molecule has 4 nitrogen and oxygen atoms in total. The maximum absolute atomic E-state index is 13.4. The second-order valence-corrected chi connectivity index (χ2v) is 4.23. The minimum Gasteiger partial charge on any atom is -0.503 e. The van der Waals surface area contributed by atoms with Gasteiger partial charge in [0.15, 0.2) is 17.4 Å². The van der Waals surface area contributed by atoms with Crippen LogP contribution in [0.5, 0.6) is 5.75 Å². The number of hydrogen-bond acceptors (Lipinski definition) is 3. The van der Waals surface area contributed by atoms with E-state index in [1.54, 1.807) is 0 Å². The summed E-state index contributed by atoms with van der Waals surface area (Å²) in [6, 6.07) is 0.382. The van der Waals surface area contributed by atoms with Gasteiger partial charge in [-0.3, -0.25) is 4.79 Å². The Morgan fingerprint density at radius 3 is 2.58 bits per heavy atom. The van der Waals surface area contributed by atoms with Gasteiger partial charge in [0.05, 0.1) is 10.6 Å². The number of amides is 1. The summed E-state index contributed by atoms with van der Waals surface area (Å²) in [5, 5.41) is 11.2. The van der Waals surface area contributed by atoms with Crippen LogP contribution in [0.3, 0.4) is 0 Å². The van der Waals surface area contributed by atoms with Crippen LogP contribution in [0, 0.1) is 17.5 Å². The minimum absolute atomic E-state index is 0.134. The smallest absolute Gasteiger partial charge is 0.254 e. The van der Waals surface area contributed by atoms with Crippen LogP contribution in [-0.2, 0) is 0 Å². The Kier molecular flexibility index (Phi) is 5.11. The number of carbonyl (C=O) groups excluding carboxylic acids is 1. The minimum atomic E-state index is -1.73. The highest BCUT2D eigenvalue weighted by Gasteiger charge is 2.22. The first-order valence-corrected chi connectivity index (χ1v) is 5.68. The number of halogens is 3. The highest BCUT2D eigenvalue weighted by atomic mass is 32.1. The fourth-order valence-electron chi connectivity index (χ4n) is 1.32. The van der Waals surface area contributed by atoms with E-state index in [9.17, 15) is 18.0 Å². The molecule has 0 aliphatic carbocycles. The summed E-state index contributed by atoms with van der Waals surface area (Å²) < 4.78 is 39.1. The Morgan fingerprint density at radius 1 is 1.37 bits per heavy atom. The molecule has 0 saturated carbocycles. The number of carbonyl (C=O) groups is 1. The molecule has 0 radical (unpaired) electrons. The summed E-state index contributed by atoms with van der Waals surface area (Å²) in [7, 11) is 0. The fraction of sp³-hybridized carbons (Fsp3) is 0.273. The lowest BCUT2D eigenvalue weighted by atomic mass is 10.1. The summed E-state index contributed by atoms with van der Waals surface area (Å²) in [5.41, 5.74) is 4.46. The van der Waals surface area contributed by atoms with Crippen LogP contribution in [0.1, 0.15) is 23.2 Å². The molecule has 104 valence electrons. The molecule has 8 heteroatoms. The van der Waals surface area contributed by atoms with Gasteiger partial charge in [-0.05, 0) is 18.9 Å². The van der Waals surface area contributed by atoms with E-state index in [1.165, 1.54) is 0 Å². The van der Waals surface area contributed by atoms with Gasteiger partial charge in [0.1, 0.15) is 0 Å². The molecule has 1 aromatic rings. The van der Waals surface area contributed by atoms with E-state index in [-0.39, 0.29) is 11.5 Å². The Hall–Kier alpha value is -1.83. The molecule has 0 unspecified atom stereocenters. The molecule has 0 bridgehead atoms. The van der Waals surface area contributed by atoms with Crippen molar-refractivity contribution in [1.82, 2.24) is 5.32 Å². The van der Waals surface area contributed by atoms with Crippen LogP contribution in [0.15, 0.2) is 6.07 Å². The first-order chi connectivity index (χ1) is 8.84. The summed E-state index contributed by atoms with van der Waals surface area (Å²) in [6.45, 7) is 0.134. The number of aromatic hydroxyl groups is 1. The molecule has 0 spiro atoms. The van der Waals surface area contributed by atoms with E-state index in [4.69, 9.17) is 10.8 Å². The summed E-state index contributed by atoms with van der Waals surface area (Å²) in [6.07, 6.45) is 0.819. The molecular formula is C11H11F3N2O2S. The van der Waals surface area contributed by atoms with E-state index in [0.717, 1.165) is 0 Å². The van der Waals surface area contributed by atoms with Crippen molar-refractivity contribution in [3.8, 4) is 5.75 Å². The van der Waals surface area contributed by atoms with Crippen molar-refractivity contribution < 1.29 is 23.1 Å². The van der Waals surface area contributed by atoms with Crippen molar-refractivity contribution in [2.24, 2.45) is 5.73 Å². The zero-order valence-electron chi connectivity index (χ0n) is 9.67. The number of phenols is 1. The second-order valence-electron chi connectivity index (χ2n) is 3.71. The first kappa shape index (κ1) is 15.2. The summed E-state index contributed by atoms with van der Waals surface area (Å²) in [4.78, 5) is 11.8. The Balaban J connectivity index is 2.75. The average Bonchev–Trinajstić information content (AvgIpc) is 2.36. The molecule has 0 saturated heterocycles. The Labute approximate surface area is 112 Å². The SMILES string of the molecule is NC(=S)CCCNC(=O)c1cc(F)c(F)c(O)c1F. The molecule has 0 heterocycles. The molecule has 0 fully saturated rings. The van der Waals surface area contributed by atoms with Gasteiger partial charge < -0.3 is 16.2 Å². The molecule has 0 aliphatic rings. The highest BCUT2D eigenvalue weighted by Crippen LogP contribution is 2.25. The molecule has 1 rings (SSSR count). The number of benzene rings is 1. The zero-order valence-corrected chi connectivity index (χ0v) is 10.5. The van der Waals surface area contributed by atoms with Crippen molar-refractivity contribution in [2.75, 3.05) is 6.54 Å². The fourth-order valence-corrected chi connectivity index (χ4v) is 1.46. The summed E-state index contributed by atoms with van der Waals surface area (Å²) in [5.74, 6) is -7.23. The largest absolute Gasteiger partial charge is 0.503 e. The number of rotatable bonds is 5. The van der Waals surface area contributed by atoms with Crippen LogP contribution < -0.4 is 11.1 Å². The molecule has 19 heavy (non-hydrogen) atoms. The lowest BCUT2D eigenvalue weighted by Crippen LogP contribution is -2.26. The van der Waals surface area contributed by atoms with Gasteiger partial charge in [0.2, 0.25) is 5.82 Å². The lowest BCUT2D eigenvalue weighted by molar-refractivity contribution is 0.0947. The van der Waals surface area contributed by atoms with Gasteiger partial charge in [0, 0.05) is 6.54 Å². The van der Waals surface area contributed by atoms with Crippen LogP contribution in [0.25, 0.3) is 0 Å². The van der Waals surface area contributed by atoms with Crippen molar-refractivity contribution in [3.05, 3.63) is 29.1 Å². The lowest BCUT2D eigenvalue weighted by Gasteiger charge is -2.08. The average molecular weight is 292 g/mol. The van der Waals surface area contributed by atoms with Crippen molar-refractivity contribution in [2.45, 2.75) is 12.8 Å². The van der Waals surface area contributed by atoms with Crippen LogP contribution in [0.2, 0.25) is 0 Å². The maximum Gasteiger partial charge on any atom is 0.254 e. The van der Waals surface area contributed by atoms with E-state index < -0.39 is 34.7 Å². The predicted molar refractivity (Wildman–Crippen MR) is 66.3 cm³/mol. The number of phenolic OH excluding ortho intramolecular Hbond substituents is 1. The normalized spacial score (nSPS) is 10.3. The maximum atomic E-state index is 13.4. The summed E-state index contributed by atoms with van der Waals surface area (Å²) >= 11 is 4.62. The molecule has 4 N–H and O–H groups in total. The zero-order chi connectivity index (χ0) is 14.6. The number of nitrogens with two attached hydrogens (primary N) is 1. The van der Waals surface area contributed by atoms with Crippen molar-refractivity contribution in [1.29, 1.82) is 0 Å². The van der Waals surface area contributed by atoms with Crippen LogP contribution in [0.4, 0.5) is 13.2 Å². The van der Waals surface area contributed by atoms with E-state index in [2.05, 4.69) is 17.5 Å². The third-order valence-corrected chi connectivity index (χ3v) is 2.47. The Morgan fingerprint density at radius 2 is 2.00 bits per heavy atom. The first-order valence-electron chi connectivity index (χ1n) is 5.27. The topological polar surface area (TPSA) is 75.3 Å². The van der Waals surface area contributed by atoms with Gasteiger partial charge in [-0.1, -0.05) is 12.2 Å². The standard InChI is InChI=1S/C11H11F3N2O2S/c12-6-4-5(8(13)10(17)9(6)14)11(18)16-3-1-2-7(15)19/h4,17H,1-3H2,(H2,15,19)(H,16,18). The quantitative estimate of drug-likeness (QED) is 0.438. The number of nitrogens with one attached hydrogen (secondary N) is 1. The van der Waals surface area contributed by atoms with Gasteiger partial charge in [-0.25, -0.2) is 8.78 Å². The van der Waals surface area contributed by atoms with Gasteiger partial charge >= 0.3 is 0 Å². The molecule has 1 aromatic carbocycles. The van der Waals surface area contributed by atoms with Crippen molar-refractivity contribution >= 4 is 23.1 Å². The van der Waals surface area contributed by atoms with E-state index in [0.29, 0.717) is 18.9 Å². The van der Waals surface area contributed by atoms with Gasteiger partial charge in [-0.2, -0.15) is 4.39 Å². The van der Waals surface area contributed by atoms with Crippen LogP contribution in [-0.4, -0.2) is 22.5 Å².